The number of amides is 1. The minimum Gasteiger partial charge on any atom is -0.352 e. The standard InChI is InChI=1S/C16H30N2O/c1-13-8-4-2-7-11-15(13)17-12-16(19)18-14-9-5-3-6-10-14/h13-15,17H,2-12H2,1H3,(H,18,19). The highest BCUT2D eigenvalue weighted by Gasteiger charge is 2.21. The summed E-state index contributed by atoms with van der Waals surface area (Å²) in [6, 6.07) is 0.981. The SMILES string of the molecule is CC1CCCCCC1NCC(=O)NC1CCCCC1. The molecule has 0 bridgehead atoms. The van der Waals surface area contributed by atoms with Gasteiger partial charge in [0.25, 0.3) is 0 Å². The van der Waals surface area contributed by atoms with Crippen molar-refractivity contribution < 1.29 is 4.79 Å². The van der Waals surface area contributed by atoms with E-state index in [4.69, 9.17) is 0 Å². The summed E-state index contributed by atoms with van der Waals surface area (Å²) in [4.78, 5) is 12.0. The van der Waals surface area contributed by atoms with Crippen molar-refractivity contribution >= 4 is 5.91 Å². The van der Waals surface area contributed by atoms with Crippen molar-refractivity contribution in [1.29, 1.82) is 0 Å². The van der Waals surface area contributed by atoms with Gasteiger partial charge in [0, 0.05) is 12.1 Å². The second-order valence-corrected chi connectivity index (χ2v) is 6.51. The van der Waals surface area contributed by atoms with E-state index in [1.807, 2.05) is 0 Å². The fourth-order valence-corrected chi connectivity index (χ4v) is 3.55. The molecule has 3 nitrogen and oxygen atoms in total. The van der Waals surface area contributed by atoms with Gasteiger partial charge in [-0.25, -0.2) is 0 Å². The molecular formula is C16H30N2O. The lowest BCUT2D eigenvalue weighted by atomic mass is 9.95. The van der Waals surface area contributed by atoms with Crippen LogP contribution in [0.5, 0.6) is 0 Å². The maximum Gasteiger partial charge on any atom is 0.234 e. The first kappa shape index (κ1) is 14.8. The molecule has 19 heavy (non-hydrogen) atoms. The Bertz CT molecular complexity index is 274. The molecule has 2 saturated carbocycles. The van der Waals surface area contributed by atoms with Gasteiger partial charge in [0.15, 0.2) is 0 Å². The van der Waals surface area contributed by atoms with Gasteiger partial charge in [0.1, 0.15) is 0 Å². The largest absolute Gasteiger partial charge is 0.352 e. The van der Waals surface area contributed by atoms with Gasteiger partial charge >= 0.3 is 0 Å². The summed E-state index contributed by atoms with van der Waals surface area (Å²) in [5.41, 5.74) is 0. The van der Waals surface area contributed by atoms with Gasteiger partial charge in [-0.3, -0.25) is 4.79 Å². The molecule has 0 aromatic heterocycles. The number of carbonyl (C=O) groups excluding carboxylic acids is 1. The zero-order valence-electron chi connectivity index (χ0n) is 12.4. The maximum absolute atomic E-state index is 12.0. The molecule has 0 radical (unpaired) electrons. The van der Waals surface area contributed by atoms with Crippen LogP contribution >= 0.6 is 0 Å². The van der Waals surface area contributed by atoms with Gasteiger partial charge in [-0.2, -0.15) is 0 Å². The fourth-order valence-electron chi connectivity index (χ4n) is 3.55. The highest BCUT2D eigenvalue weighted by atomic mass is 16.1. The quantitative estimate of drug-likeness (QED) is 0.768. The predicted molar refractivity (Wildman–Crippen MR) is 79.1 cm³/mol. The highest BCUT2D eigenvalue weighted by molar-refractivity contribution is 5.78. The van der Waals surface area contributed by atoms with Crippen molar-refractivity contribution in [1.82, 2.24) is 10.6 Å². The van der Waals surface area contributed by atoms with Crippen LogP contribution in [0.1, 0.15) is 71.1 Å². The summed E-state index contributed by atoms with van der Waals surface area (Å²) in [5.74, 6) is 0.910. The molecular weight excluding hydrogens is 236 g/mol. The molecule has 2 N–H and O–H groups in total. The first-order valence-corrected chi connectivity index (χ1v) is 8.28. The summed E-state index contributed by atoms with van der Waals surface area (Å²) in [6.07, 6.45) is 12.8. The third-order valence-electron chi connectivity index (χ3n) is 4.86. The summed E-state index contributed by atoms with van der Waals surface area (Å²) < 4.78 is 0. The van der Waals surface area contributed by atoms with Crippen LogP contribution in [0, 0.1) is 5.92 Å². The van der Waals surface area contributed by atoms with Gasteiger partial charge < -0.3 is 10.6 Å². The van der Waals surface area contributed by atoms with E-state index in [-0.39, 0.29) is 5.91 Å². The molecule has 3 heteroatoms. The number of nitrogens with one attached hydrogen (secondary N) is 2. The van der Waals surface area contributed by atoms with Gasteiger partial charge in [-0.15, -0.1) is 0 Å². The number of rotatable bonds is 4. The van der Waals surface area contributed by atoms with E-state index < -0.39 is 0 Å². The second kappa shape index (κ2) is 7.88. The average Bonchev–Trinajstić information content (AvgIpc) is 2.62. The van der Waals surface area contributed by atoms with Gasteiger partial charge in [0.2, 0.25) is 5.91 Å². The summed E-state index contributed by atoms with van der Waals surface area (Å²) in [7, 11) is 0. The smallest absolute Gasteiger partial charge is 0.234 e. The van der Waals surface area contributed by atoms with Crippen molar-refractivity contribution in [3.05, 3.63) is 0 Å². The Balaban J connectivity index is 1.67. The van der Waals surface area contributed by atoms with E-state index in [1.165, 1.54) is 64.2 Å². The molecule has 2 rings (SSSR count). The van der Waals surface area contributed by atoms with E-state index in [2.05, 4.69) is 17.6 Å². The molecule has 2 aliphatic carbocycles. The summed E-state index contributed by atoms with van der Waals surface area (Å²) in [5, 5.41) is 6.68. The molecule has 110 valence electrons. The zero-order valence-corrected chi connectivity index (χ0v) is 12.4. The topological polar surface area (TPSA) is 41.1 Å². The van der Waals surface area contributed by atoms with E-state index >= 15 is 0 Å². The van der Waals surface area contributed by atoms with E-state index in [9.17, 15) is 4.79 Å². The highest BCUT2D eigenvalue weighted by Crippen LogP contribution is 2.22. The minimum absolute atomic E-state index is 0.198. The summed E-state index contributed by atoms with van der Waals surface area (Å²) >= 11 is 0. The molecule has 0 aliphatic heterocycles. The lowest BCUT2D eigenvalue weighted by Crippen LogP contribution is -2.45. The molecule has 2 atom stereocenters. The van der Waals surface area contributed by atoms with Crippen molar-refractivity contribution in [2.45, 2.75) is 83.2 Å². The number of hydrogen-bond acceptors (Lipinski definition) is 2. The third-order valence-corrected chi connectivity index (χ3v) is 4.86. The molecule has 2 unspecified atom stereocenters. The third kappa shape index (κ3) is 5.13. The Labute approximate surface area is 117 Å². The first-order valence-electron chi connectivity index (χ1n) is 8.28. The Hall–Kier alpha value is -0.570. The van der Waals surface area contributed by atoms with Crippen molar-refractivity contribution in [2.75, 3.05) is 6.54 Å². The first-order chi connectivity index (χ1) is 9.25. The Morgan fingerprint density at radius 1 is 0.947 bits per heavy atom. The van der Waals surface area contributed by atoms with Gasteiger partial charge in [-0.05, 0) is 31.6 Å². The monoisotopic (exact) mass is 266 g/mol. The molecule has 2 aliphatic rings. The van der Waals surface area contributed by atoms with E-state index in [1.54, 1.807) is 0 Å². The molecule has 0 spiro atoms. The maximum atomic E-state index is 12.0. The lowest BCUT2D eigenvalue weighted by Gasteiger charge is -2.25. The Morgan fingerprint density at radius 3 is 2.32 bits per heavy atom. The van der Waals surface area contributed by atoms with Gasteiger partial charge in [-0.1, -0.05) is 45.4 Å². The van der Waals surface area contributed by atoms with E-state index in [0.717, 1.165) is 0 Å². The zero-order chi connectivity index (χ0) is 13.5. The minimum atomic E-state index is 0.198. The molecule has 2 fully saturated rings. The summed E-state index contributed by atoms with van der Waals surface area (Å²) in [6.45, 7) is 2.83. The van der Waals surface area contributed by atoms with Crippen LogP contribution in [0.2, 0.25) is 0 Å². The van der Waals surface area contributed by atoms with Crippen LogP contribution in [0.3, 0.4) is 0 Å². The lowest BCUT2D eigenvalue weighted by molar-refractivity contribution is -0.121. The van der Waals surface area contributed by atoms with Crippen LogP contribution in [-0.4, -0.2) is 24.5 Å². The number of carbonyl (C=O) groups is 1. The van der Waals surface area contributed by atoms with Crippen LogP contribution < -0.4 is 10.6 Å². The molecule has 0 aromatic carbocycles. The molecule has 0 heterocycles. The fraction of sp³-hybridized carbons (Fsp3) is 0.938. The molecule has 0 saturated heterocycles. The van der Waals surface area contributed by atoms with Crippen molar-refractivity contribution in [2.24, 2.45) is 5.92 Å². The second-order valence-electron chi connectivity index (χ2n) is 6.51. The van der Waals surface area contributed by atoms with Crippen LogP contribution in [0.15, 0.2) is 0 Å². The predicted octanol–water partition coefficient (Wildman–Crippen LogP) is 2.99. The Kier molecular flexibility index (Phi) is 6.15. The van der Waals surface area contributed by atoms with Crippen LogP contribution in [0.25, 0.3) is 0 Å². The van der Waals surface area contributed by atoms with Crippen molar-refractivity contribution in [3.8, 4) is 0 Å². The van der Waals surface area contributed by atoms with Crippen molar-refractivity contribution in [3.63, 3.8) is 0 Å². The van der Waals surface area contributed by atoms with Crippen LogP contribution in [-0.2, 0) is 4.79 Å². The molecule has 0 aromatic rings. The number of hydrogen-bond donors (Lipinski definition) is 2. The normalized spacial score (nSPS) is 29.7. The van der Waals surface area contributed by atoms with E-state index in [0.29, 0.717) is 24.5 Å². The Morgan fingerprint density at radius 2 is 1.58 bits per heavy atom. The molecule has 1 amide bonds. The average molecular weight is 266 g/mol. The van der Waals surface area contributed by atoms with Gasteiger partial charge in [0.05, 0.1) is 6.54 Å². The van der Waals surface area contributed by atoms with Crippen LogP contribution in [0.4, 0.5) is 0 Å².